The van der Waals surface area contributed by atoms with Crippen molar-refractivity contribution in [1.82, 2.24) is 9.88 Å². The minimum absolute atomic E-state index is 0.0819. The van der Waals surface area contributed by atoms with Gasteiger partial charge in [0.25, 0.3) is 11.8 Å². The second kappa shape index (κ2) is 7.77. The van der Waals surface area contributed by atoms with Crippen molar-refractivity contribution in [2.75, 3.05) is 18.5 Å². The van der Waals surface area contributed by atoms with Crippen LogP contribution in [0.3, 0.4) is 0 Å². The van der Waals surface area contributed by atoms with Crippen LogP contribution in [-0.2, 0) is 9.53 Å². The smallest absolute Gasteiger partial charge is 0.340 e. The average molecular weight is 367 g/mol. The number of nitrogens with zero attached hydrogens (tertiary/aromatic N) is 2. The van der Waals surface area contributed by atoms with Gasteiger partial charge in [0.1, 0.15) is 5.69 Å². The van der Waals surface area contributed by atoms with Crippen LogP contribution in [0.2, 0.25) is 0 Å². The number of carbonyl (C=O) groups excluding carboxylic acids is 4. The number of carbonyl (C=O) groups is 4. The Morgan fingerprint density at radius 3 is 2.63 bits per heavy atom. The number of hydrogen-bond acceptors (Lipinski definition) is 6. The zero-order valence-corrected chi connectivity index (χ0v) is 14.6. The van der Waals surface area contributed by atoms with Gasteiger partial charge in [0.15, 0.2) is 0 Å². The average Bonchev–Trinajstić information content (AvgIpc) is 2.91. The van der Waals surface area contributed by atoms with E-state index in [1.807, 2.05) is 0 Å². The van der Waals surface area contributed by atoms with Gasteiger partial charge in [-0.3, -0.25) is 24.3 Å². The minimum atomic E-state index is -0.542. The van der Waals surface area contributed by atoms with E-state index in [1.165, 1.54) is 12.3 Å². The predicted octanol–water partition coefficient (Wildman–Crippen LogP) is 1.88. The summed E-state index contributed by atoms with van der Waals surface area (Å²) in [5, 5.41) is 2.62. The molecule has 0 bridgehead atoms. The van der Waals surface area contributed by atoms with Gasteiger partial charge in [-0.15, -0.1) is 0 Å². The molecule has 1 aliphatic heterocycles. The zero-order valence-electron chi connectivity index (χ0n) is 14.6. The maximum absolute atomic E-state index is 12.3. The number of ether oxygens (including phenoxy) is 1. The number of hydrogen-bond donors (Lipinski definition) is 1. The van der Waals surface area contributed by atoms with Crippen molar-refractivity contribution >= 4 is 29.4 Å². The van der Waals surface area contributed by atoms with Crippen LogP contribution < -0.4 is 5.32 Å². The Hall–Kier alpha value is -3.55. The summed E-state index contributed by atoms with van der Waals surface area (Å²) in [5.74, 6) is -1.96. The summed E-state index contributed by atoms with van der Waals surface area (Å²) in [6.07, 6.45) is 1.33. The van der Waals surface area contributed by atoms with E-state index in [1.54, 1.807) is 37.3 Å². The highest BCUT2D eigenvalue weighted by atomic mass is 16.5. The van der Waals surface area contributed by atoms with Crippen LogP contribution >= 0.6 is 0 Å². The lowest BCUT2D eigenvalue weighted by Crippen LogP contribution is -2.33. The number of aromatic nitrogens is 1. The first kappa shape index (κ1) is 18.2. The molecule has 2 heterocycles. The Morgan fingerprint density at radius 1 is 1.11 bits per heavy atom. The highest BCUT2D eigenvalue weighted by Crippen LogP contribution is 2.21. The number of rotatable bonds is 6. The predicted molar refractivity (Wildman–Crippen MR) is 95.2 cm³/mol. The van der Waals surface area contributed by atoms with Gasteiger partial charge in [-0.1, -0.05) is 12.1 Å². The Bertz CT molecular complexity index is 890. The second-order valence-electron chi connectivity index (χ2n) is 5.73. The Kier molecular flexibility index (Phi) is 5.25. The van der Waals surface area contributed by atoms with E-state index in [4.69, 9.17) is 4.74 Å². The van der Waals surface area contributed by atoms with E-state index in [0.717, 1.165) is 4.90 Å². The molecular weight excluding hydrogens is 350 g/mol. The van der Waals surface area contributed by atoms with Crippen LogP contribution in [0.1, 0.15) is 44.5 Å². The van der Waals surface area contributed by atoms with E-state index in [0.29, 0.717) is 5.69 Å². The van der Waals surface area contributed by atoms with E-state index in [2.05, 4.69) is 10.3 Å². The number of anilines is 1. The van der Waals surface area contributed by atoms with Gasteiger partial charge >= 0.3 is 5.97 Å². The summed E-state index contributed by atoms with van der Waals surface area (Å²) in [5.41, 5.74) is 0.869. The first-order valence-electron chi connectivity index (χ1n) is 8.40. The van der Waals surface area contributed by atoms with Gasteiger partial charge in [-0.2, -0.15) is 0 Å². The molecule has 1 aromatic carbocycles. The van der Waals surface area contributed by atoms with Crippen molar-refractivity contribution in [1.29, 1.82) is 0 Å². The zero-order chi connectivity index (χ0) is 19.4. The Morgan fingerprint density at radius 2 is 1.89 bits per heavy atom. The fourth-order valence-corrected chi connectivity index (χ4v) is 2.72. The third-order valence-corrected chi connectivity index (χ3v) is 3.99. The number of imide groups is 1. The van der Waals surface area contributed by atoms with Crippen LogP contribution in [0.4, 0.5) is 5.69 Å². The van der Waals surface area contributed by atoms with Gasteiger partial charge in [-0.05, 0) is 31.2 Å². The number of benzene rings is 1. The van der Waals surface area contributed by atoms with Crippen LogP contribution in [-0.4, -0.2) is 46.7 Å². The molecule has 0 saturated carbocycles. The lowest BCUT2D eigenvalue weighted by Gasteiger charge is -2.14. The normalized spacial score (nSPS) is 12.7. The second-order valence-corrected chi connectivity index (χ2v) is 5.73. The molecule has 3 rings (SSSR count). The van der Waals surface area contributed by atoms with E-state index >= 15 is 0 Å². The lowest BCUT2D eigenvalue weighted by molar-refractivity contribution is -0.116. The number of pyridine rings is 1. The first-order chi connectivity index (χ1) is 13.0. The SMILES string of the molecule is CCOC(=O)c1ccccc1NC(=O)CCN1C(=O)c2cccnc2C1=O. The molecular formula is C19H17N3O5. The fourth-order valence-electron chi connectivity index (χ4n) is 2.72. The van der Waals surface area contributed by atoms with Crippen LogP contribution in [0, 0.1) is 0 Å². The Balaban J connectivity index is 1.64. The topological polar surface area (TPSA) is 106 Å². The molecule has 138 valence electrons. The summed E-state index contributed by atoms with van der Waals surface area (Å²) in [4.78, 5) is 53.6. The standard InChI is InChI=1S/C19H17N3O5/c1-2-27-19(26)12-6-3-4-8-14(12)21-15(23)9-11-22-17(24)13-7-5-10-20-16(13)18(22)25/h3-8,10H,2,9,11H2,1H3,(H,21,23). The molecule has 8 nitrogen and oxygen atoms in total. The number of fused-ring (bicyclic) bond motifs is 1. The lowest BCUT2D eigenvalue weighted by atomic mass is 10.1. The monoisotopic (exact) mass is 367 g/mol. The van der Waals surface area contributed by atoms with Gasteiger partial charge in [0.05, 0.1) is 23.4 Å². The van der Waals surface area contributed by atoms with E-state index in [9.17, 15) is 19.2 Å². The van der Waals surface area contributed by atoms with Crippen LogP contribution in [0.15, 0.2) is 42.6 Å². The summed E-state index contributed by atoms with van der Waals surface area (Å²) in [6, 6.07) is 9.56. The van der Waals surface area contributed by atoms with E-state index in [-0.39, 0.29) is 36.4 Å². The molecule has 0 spiro atoms. The molecule has 27 heavy (non-hydrogen) atoms. The molecule has 1 aromatic heterocycles. The summed E-state index contributed by atoms with van der Waals surface area (Å²) < 4.78 is 4.96. The van der Waals surface area contributed by atoms with Crippen molar-refractivity contribution in [3.8, 4) is 0 Å². The van der Waals surface area contributed by atoms with Gasteiger partial charge in [0, 0.05) is 19.2 Å². The fraction of sp³-hybridized carbons (Fsp3) is 0.211. The molecule has 1 N–H and O–H groups in total. The third-order valence-electron chi connectivity index (χ3n) is 3.99. The van der Waals surface area contributed by atoms with Crippen LogP contribution in [0.5, 0.6) is 0 Å². The van der Waals surface area contributed by atoms with Crippen LogP contribution in [0.25, 0.3) is 0 Å². The molecule has 8 heteroatoms. The van der Waals surface area contributed by atoms with Gasteiger partial charge < -0.3 is 10.1 Å². The van der Waals surface area contributed by atoms with Crippen molar-refractivity contribution in [3.63, 3.8) is 0 Å². The molecule has 0 aliphatic carbocycles. The molecule has 3 amide bonds. The summed E-state index contributed by atoms with van der Waals surface area (Å²) in [6.45, 7) is 1.83. The summed E-state index contributed by atoms with van der Waals surface area (Å²) in [7, 11) is 0. The number of amides is 3. The molecule has 0 saturated heterocycles. The van der Waals surface area contributed by atoms with E-state index < -0.39 is 23.7 Å². The molecule has 0 atom stereocenters. The molecule has 0 radical (unpaired) electrons. The molecule has 0 unspecified atom stereocenters. The molecule has 1 aliphatic rings. The summed E-state index contributed by atoms with van der Waals surface area (Å²) >= 11 is 0. The van der Waals surface area contributed by atoms with Gasteiger partial charge in [-0.25, -0.2) is 4.79 Å². The Labute approximate surface area is 155 Å². The highest BCUT2D eigenvalue weighted by Gasteiger charge is 2.36. The number of esters is 1. The maximum Gasteiger partial charge on any atom is 0.340 e. The third kappa shape index (κ3) is 3.69. The van der Waals surface area contributed by atoms with Gasteiger partial charge in [0.2, 0.25) is 5.91 Å². The highest BCUT2D eigenvalue weighted by molar-refractivity contribution is 6.20. The number of nitrogens with one attached hydrogen (secondary N) is 1. The maximum atomic E-state index is 12.3. The quantitative estimate of drug-likeness (QED) is 0.617. The van der Waals surface area contributed by atoms with Crippen molar-refractivity contribution in [3.05, 3.63) is 59.4 Å². The number of para-hydroxylation sites is 1. The van der Waals surface area contributed by atoms with Crippen molar-refractivity contribution in [2.24, 2.45) is 0 Å². The van der Waals surface area contributed by atoms with Crippen molar-refractivity contribution in [2.45, 2.75) is 13.3 Å². The molecule has 2 aromatic rings. The largest absolute Gasteiger partial charge is 0.462 e. The first-order valence-corrected chi connectivity index (χ1v) is 8.40. The molecule has 0 fully saturated rings. The van der Waals surface area contributed by atoms with Crippen molar-refractivity contribution < 1.29 is 23.9 Å². The minimum Gasteiger partial charge on any atom is -0.462 e.